The van der Waals surface area contributed by atoms with E-state index in [9.17, 15) is 17.8 Å². The fourth-order valence-electron chi connectivity index (χ4n) is 3.99. The lowest BCUT2D eigenvalue weighted by atomic mass is 10.1. The minimum absolute atomic E-state index is 0.0854. The van der Waals surface area contributed by atoms with E-state index in [0.717, 1.165) is 24.9 Å². The number of hydrogen-bond acceptors (Lipinski definition) is 5. The SMILES string of the molecule is CCCCCCCCCCCCOC(=O)C[N+]1(CC#CI)C=CCC1.Cc1ccc(S(=O)(=O)[O-])cc1. The third-order valence-electron chi connectivity index (χ3n) is 6.14. The Morgan fingerprint density at radius 1 is 1.03 bits per heavy atom. The van der Waals surface area contributed by atoms with Crippen LogP contribution in [0.5, 0.6) is 0 Å². The number of unbranched alkanes of at least 4 members (excludes halogenated alkanes) is 9. The summed E-state index contributed by atoms with van der Waals surface area (Å²) < 4.78 is 40.1. The van der Waals surface area contributed by atoms with Crippen LogP contribution in [-0.4, -0.2) is 49.7 Å². The normalized spacial score (nSPS) is 16.6. The van der Waals surface area contributed by atoms with Gasteiger partial charge in [0.1, 0.15) is 16.7 Å². The van der Waals surface area contributed by atoms with Crippen molar-refractivity contribution in [2.75, 3.05) is 26.2 Å². The summed E-state index contributed by atoms with van der Waals surface area (Å²) in [7, 11) is -4.27. The highest BCUT2D eigenvalue weighted by Gasteiger charge is 2.30. The van der Waals surface area contributed by atoms with Crippen LogP contribution in [0.1, 0.15) is 83.1 Å². The molecule has 0 bridgehead atoms. The van der Waals surface area contributed by atoms with Gasteiger partial charge in [0.05, 0.1) is 24.2 Å². The van der Waals surface area contributed by atoms with E-state index in [-0.39, 0.29) is 10.9 Å². The van der Waals surface area contributed by atoms with Crippen LogP contribution in [0.3, 0.4) is 0 Å². The van der Waals surface area contributed by atoms with Crippen molar-refractivity contribution in [3.8, 4) is 9.85 Å². The van der Waals surface area contributed by atoms with Crippen molar-refractivity contribution < 1.29 is 27.0 Å². The predicted octanol–water partition coefficient (Wildman–Crippen LogP) is 6.48. The maximum atomic E-state index is 12.1. The van der Waals surface area contributed by atoms with Crippen LogP contribution in [0.2, 0.25) is 0 Å². The topological polar surface area (TPSA) is 83.5 Å². The second-order valence-corrected chi connectivity index (χ2v) is 11.3. The summed E-state index contributed by atoms with van der Waals surface area (Å²) >= 11 is 2.05. The fourth-order valence-corrected chi connectivity index (χ4v) is 4.63. The Bertz CT molecular complexity index is 950. The number of rotatable bonds is 15. The number of carbonyl (C=O) groups excluding carboxylic acids is 1. The number of carbonyl (C=O) groups is 1. The molecule has 0 radical (unpaired) electrons. The van der Waals surface area contributed by atoms with Gasteiger partial charge in [0.15, 0.2) is 6.54 Å². The van der Waals surface area contributed by atoms with Gasteiger partial charge >= 0.3 is 5.97 Å². The van der Waals surface area contributed by atoms with Crippen molar-refractivity contribution in [3.63, 3.8) is 0 Å². The molecule has 202 valence electrons. The van der Waals surface area contributed by atoms with Crippen molar-refractivity contribution in [2.45, 2.75) is 89.4 Å². The van der Waals surface area contributed by atoms with Crippen LogP contribution < -0.4 is 0 Å². The summed E-state index contributed by atoms with van der Waals surface area (Å²) in [5, 5.41) is 0. The molecule has 0 spiro atoms. The zero-order valence-corrected chi connectivity index (χ0v) is 24.8. The number of nitrogens with zero attached hydrogens (tertiary/aromatic N) is 1. The molecule has 1 heterocycles. The van der Waals surface area contributed by atoms with Gasteiger partial charge in [-0.2, -0.15) is 0 Å². The van der Waals surface area contributed by atoms with Gasteiger partial charge in [-0.05, 0) is 41.4 Å². The first-order valence-corrected chi connectivity index (χ1v) is 15.5. The smallest absolute Gasteiger partial charge is 0.362 e. The van der Waals surface area contributed by atoms with E-state index in [1.807, 2.05) is 6.92 Å². The van der Waals surface area contributed by atoms with E-state index in [0.29, 0.717) is 24.2 Å². The highest BCUT2D eigenvalue weighted by atomic mass is 127. The average Bonchev–Trinajstić information content (AvgIpc) is 3.29. The van der Waals surface area contributed by atoms with Gasteiger partial charge in [-0.3, -0.25) is 4.48 Å². The molecule has 0 N–H and O–H groups in total. The van der Waals surface area contributed by atoms with Gasteiger partial charge in [-0.15, -0.1) is 0 Å². The lowest BCUT2D eigenvalue weighted by molar-refractivity contribution is -0.859. The molecule has 0 aromatic heterocycles. The molecule has 8 heteroatoms. The Kier molecular flexibility index (Phi) is 17.0. The largest absolute Gasteiger partial charge is 0.744 e. The highest BCUT2D eigenvalue weighted by molar-refractivity contribution is 14.1. The highest BCUT2D eigenvalue weighted by Crippen LogP contribution is 2.17. The molecule has 1 aliphatic rings. The van der Waals surface area contributed by atoms with Crippen molar-refractivity contribution in [3.05, 3.63) is 42.1 Å². The molecule has 1 unspecified atom stereocenters. The third-order valence-corrected chi connectivity index (χ3v) is 7.37. The minimum atomic E-state index is -4.27. The Morgan fingerprint density at radius 3 is 2.11 bits per heavy atom. The van der Waals surface area contributed by atoms with Gasteiger partial charge in [0.25, 0.3) is 0 Å². The number of halogens is 1. The second kappa shape index (κ2) is 18.8. The lowest BCUT2D eigenvalue weighted by Crippen LogP contribution is -2.46. The van der Waals surface area contributed by atoms with Crippen LogP contribution >= 0.6 is 22.6 Å². The molecule has 0 aliphatic carbocycles. The summed E-state index contributed by atoms with van der Waals surface area (Å²) in [5.74, 6) is 3.01. The number of esters is 1. The van der Waals surface area contributed by atoms with Gasteiger partial charge in [0, 0.05) is 29.0 Å². The first kappa shape index (κ1) is 32.6. The summed E-state index contributed by atoms with van der Waals surface area (Å²) in [6.45, 7) is 6.72. The van der Waals surface area contributed by atoms with Crippen LogP contribution in [0.15, 0.2) is 41.4 Å². The van der Waals surface area contributed by atoms with Crippen LogP contribution in [0.4, 0.5) is 0 Å². The average molecular weight is 632 g/mol. The predicted molar refractivity (Wildman–Crippen MR) is 152 cm³/mol. The van der Waals surface area contributed by atoms with E-state index in [1.165, 1.54) is 69.9 Å². The fraction of sp³-hybridized carbons (Fsp3) is 0.607. The summed E-state index contributed by atoms with van der Waals surface area (Å²) in [4.78, 5) is 11.9. The Labute approximate surface area is 232 Å². The molecule has 1 aromatic rings. The maximum Gasteiger partial charge on any atom is 0.362 e. The molecule has 0 saturated heterocycles. The van der Waals surface area contributed by atoms with E-state index < -0.39 is 10.1 Å². The van der Waals surface area contributed by atoms with E-state index in [2.05, 4.69) is 51.6 Å². The maximum absolute atomic E-state index is 12.1. The molecule has 0 saturated carbocycles. The minimum Gasteiger partial charge on any atom is -0.744 e. The van der Waals surface area contributed by atoms with Gasteiger partial charge < -0.3 is 9.29 Å². The zero-order valence-electron chi connectivity index (χ0n) is 21.8. The van der Waals surface area contributed by atoms with Crippen LogP contribution in [-0.2, 0) is 19.6 Å². The summed E-state index contributed by atoms with van der Waals surface area (Å²) in [6, 6.07) is 5.78. The molecule has 2 rings (SSSR count). The zero-order chi connectivity index (χ0) is 26.7. The molecule has 6 nitrogen and oxygen atoms in total. The van der Waals surface area contributed by atoms with Gasteiger partial charge in [-0.25, -0.2) is 13.2 Å². The molecular weight excluding hydrogens is 589 g/mol. The Morgan fingerprint density at radius 2 is 1.61 bits per heavy atom. The van der Waals surface area contributed by atoms with E-state index in [4.69, 9.17) is 4.74 Å². The van der Waals surface area contributed by atoms with E-state index >= 15 is 0 Å². The number of aryl methyl sites for hydroxylation is 1. The number of hydrogen-bond donors (Lipinski definition) is 0. The quantitative estimate of drug-likeness (QED) is 0.0553. The lowest BCUT2D eigenvalue weighted by Gasteiger charge is -2.28. The molecule has 1 atom stereocenters. The Hall–Kier alpha value is -1.41. The van der Waals surface area contributed by atoms with Crippen LogP contribution in [0, 0.1) is 16.8 Å². The first-order valence-electron chi connectivity index (χ1n) is 13.0. The van der Waals surface area contributed by atoms with Gasteiger partial charge in [-0.1, -0.05) is 82.4 Å². The summed E-state index contributed by atoms with van der Waals surface area (Å²) in [6.07, 6.45) is 18.2. The summed E-state index contributed by atoms with van der Waals surface area (Å²) in [5.41, 5.74) is 0.928. The molecule has 1 aliphatic heterocycles. The number of benzene rings is 1. The van der Waals surface area contributed by atoms with Crippen molar-refractivity contribution >= 4 is 38.7 Å². The third kappa shape index (κ3) is 15.0. The molecule has 1 aromatic carbocycles. The molecule has 0 amide bonds. The van der Waals surface area contributed by atoms with Crippen molar-refractivity contribution in [1.29, 1.82) is 0 Å². The first-order chi connectivity index (χ1) is 17.2. The van der Waals surface area contributed by atoms with E-state index in [1.54, 1.807) is 12.1 Å². The van der Waals surface area contributed by atoms with Crippen molar-refractivity contribution in [2.24, 2.45) is 0 Å². The molecule has 0 fully saturated rings. The molecule has 36 heavy (non-hydrogen) atoms. The van der Waals surface area contributed by atoms with Crippen LogP contribution in [0.25, 0.3) is 0 Å². The number of quaternary nitrogens is 1. The van der Waals surface area contributed by atoms with Crippen molar-refractivity contribution in [1.82, 2.24) is 0 Å². The second-order valence-electron chi connectivity index (χ2n) is 9.37. The Balaban J connectivity index is 0.000000488. The molecular formula is C28H42INO5S. The number of ether oxygens (including phenoxy) is 1. The standard InChI is InChI=1S/C21H35INO2.C7H8O3S/c1-2-3-4-5-6-7-8-9-10-13-19-25-21(24)20-23(18-14-15-22)16-11-12-17-23;1-6-2-4-7(5-3-6)11(8,9)10/h11,16H,2-10,12-13,17-20H2,1H3;2-5H,1H3,(H,8,9,10)/q+1;/p-1. The monoisotopic (exact) mass is 631 g/mol. The van der Waals surface area contributed by atoms with Gasteiger partial charge in [0.2, 0.25) is 0 Å².